The van der Waals surface area contributed by atoms with Crippen LogP contribution in [0.5, 0.6) is 0 Å². The topological polar surface area (TPSA) is 20.3 Å². The predicted molar refractivity (Wildman–Crippen MR) is 64.0 cm³/mol. The van der Waals surface area contributed by atoms with Gasteiger partial charge in [0.2, 0.25) is 0 Å². The van der Waals surface area contributed by atoms with Gasteiger partial charge in [0.15, 0.2) is 0 Å². The SMILES string of the molecule is CCC(C)(C)N(C)CC(=O)C1CCCC1. The smallest absolute Gasteiger partial charge is 0.149 e. The minimum absolute atomic E-state index is 0.147. The highest BCUT2D eigenvalue weighted by molar-refractivity contribution is 5.83. The monoisotopic (exact) mass is 211 g/mol. The lowest BCUT2D eigenvalue weighted by molar-refractivity contribution is -0.124. The van der Waals surface area contributed by atoms with E-state index in [2.05, 4.69) is 32.7 Å². The standard InChI is InChI=1S/C13H25NO/c1-5-13(2,3)14(4)10-12(15)11-8-6-7-9-11/h11H,5-10H2,1-4H3. The highest BCUT2D eigenvalue weighted by Crippen LogP contribution is 2.26. The molecule has 15 heavy (non-hydrogen) atoms. The Balaban J connectivity index is 2.43. The highest BCUT2D eigenvalue weighted by Gasteiger charge is 2.27. The largest absolute Gasteiger partial charge is 0.298 e. The molecule has 0 aromatic heterocycles. The first-order chi connectivity index (χ1) is 6.97. The number of Topliss-reactive ketones (excluding diaryl/α,β-unsaturated/α-hetero) is 1. The molecule has 0 saturated heterocycles. The Bertz CT molecular complexity index is 217. The van der Waals surface area contributed by atoms with Gasteiger partial charge in [-0.05, 0) is 40.2 Å². The van der Waals surface area contributed by atoms with E-state index in [9.17, 15) is 4.79 Å². The first-order valence-corrected chi connectivity index (χ1v) is 6.21. The molecule has 0 spiro atoms. The molecule has 0 N–H and O–H groups in total. The molecule has 0 bridgehead atoms. The summed E-state index contributed by atoms with van der Waals surface area (Å²) in [6.07, 6.45) is 5.83. The van der Waals surface area contributed by atoms with Crippen molar-refractivity contribution < 1.29 is 4.79 Å². The van der Waals surface area contributed by atoms with Crippen molar-refractivity contribution in [3.63, 3.8) is 0 Å². The van der Waals surface area contributed by atoms with Gasteiger partial charge >= 0.3 is 0 Å². The normalized spacial score (nSPS) is 18.7. The maximum atomic E-state index is 12.0. The lowest BCUT2D eigenvalue weighted by atomic mass is 9.97. The molecule has 1 saturated carbocycles. The number of nitrogens with zero attached hydrogens (tertiary/aromatic N) is 1. The molecule has 1 aliphatic carbocycles. The van der Waals surface area contributed by atoms with Crippen molar-refractivity contribution in [2.45, 2.75) is 58.4 Å². The number of rotatable bonds is 5. The molecule has 1 aliphatic rings. The van der Waals surface area contributed by atoms with Crippen molar-refractivity contribution in [2.24, 2.45) is 5.92 Å². The Labute approximate surface area is 94.0 Å². The summed E-state index contributed by atoms with van der Waals surface area (Å²) < 4.78 is 0. The maximum Gasteiger partial charge on any atom is 0.149 e. The fraction of sp³-hybridized carbons (Fsp3) is 0.923. The lowest BCUT2D eigenvalue weighted by Gasteiger charge is -2.34. The van der Waals surface area contributed by atoms with E-state index in [-0.39, 0.29) is 5.54 Å². The quantitative estimate of drug-likeness (QED) is 0.697. The van der Waals surface area contributed by atoms with Crippen LogP contribution in [0.15, 0.2) is 0 Å². The van der Waals surface area contributed by atoms with E-state index in [1.165, 1.54) is 12.8 Å². The second kappa shape index (κ2) is 5.11. The number of hydrogen-bond acceptors (Lipinski definition) is 2. The molecule has 0 aromatic carbocycles. The Kier molecular flexibility index (Phi) is 4.32. The summed E-state index contributed by atoms with van der Waals surface area (Å²) in [6.45, 7) is 7.21. The Morgan fingerprint density at radius 3 is 2.33 bits per heavy atom. The zero-order valence-electron chi connectivity index (χ0n) is 10.7. The Morgan fingerprint density at radius 2 is 1.87 bits per heavy atom. The average Bonchev–Trinajstić information content (AvgIpc) is 2.70. The van der Waals surface area contributed by atoms with Crippen LogP contribution < -0.4 is 0 Å². The number of carbonyl (C=O) groups is 1. The van der Waals surface area contributed by atoms with Gasteiger partial charge in [-0.3, -0.25) is 9.69 Å². The van der Waals surface area contributed by atoms with E-state index in [4.69, 9.17) is 0 Å². The van der Waals surface area contributed by atoms with Gasteiger partial charge in [-0.15, -0.1) is 0 Å². The van der Waals surface area contributed by atoms with Crippen LogP contribution in [-0.2, 0) is 4.79 Å². The third kappa shape index (κ3) is 3.30. The van der Waals surface area contributed by atoms with Crippen molar-refractivity contribution in [3.8, 4) is 0 Å². The van der Waals surface area contributed by atoms with E-state index in [1.54, 1.807) is 0 Å². The van der Waals surface area contributed by atoms with Crippen LogP contribution in [0, 0.1) is 5.92 Å². The van der Waals surface area contributed by atoms with E-state index >= 15 is 0 Å². The van der Waals surface area contributed by atoms with Gasteiger partial charge in [0, 0.05) is 11.5 Å². The molecule has 0 aliphatic heterocycles. The van der Waals surface area contributed by atoms with Crippen molar-refractivity contribution in [1.82, 2.24) is 4.90 Å². The lowest BCUT2D eigenvalue weighted by Crippen LogP contribution is -2.44. The first-order valence-electron chi connectivity index (χ1n) is 6.21. The zero-order valence-corrected chi connectivity index (χ0v) is 10.7. The van der Waals surface area contributed by atoms with Crippen LogP contribution in [0.4, 0.5) is 0 Å². The van der Waals surface area contributed by atoms with Crippen molar-refractivity contribution in [2.75, 3.05) is 13.6 Å². The molecule has 88 valence electrons. The molecule has 0 radical (unpaired) electrons. The van der Waals surface area contributed by atoms with E-state index in [0.29, 0.717) is 18.2 Å². The van der Waals surface area contributed by atoms with E-state index in [1.807, 2.05) is 0 Å². The fourth-order valence-corrected chi connectivity index (χ4v) is 2.09. The number of hydrogen-bond donors (Lipinski definition) is 0. The molecule has 2 heteroatoms. The summed E-state index contributed by atoms with van der Waals surface area (Å²) in [7, 11) is 2.07. The third-order valence-corrected chi connectivity index (χ3v) is 4.10. The summed E-state index contributed by atoms with van der Waals surface area (Å²) in [4.78, 5) is 14.2. The molecule has 0 heterocycles. The number of ketones is 1. The Morgan fingerprint density at radius 1 is 1.33 bits per heavy atom. The summed E-state index contributed by atoms with van der Waals surface area (Å²) in [6, 6.07) is 0. The second-order valence-corrected chi connectivity index (χ2v) is 5.47. The van der Waals surface area contributed by atoms with E-state index in [0.717, 1.165) is 19.3 Å². The molecule has 0 aromatic rings. The summed E-state index contributed by atoms with van der Waals surface area (Å²) >= 11 is 0. The summed E-state index contributed by atoms with van der Waals surface area (Å²) in [5, 5.41) is 0. The second-order valence-electron chi connectivity index (χ2n) is 5.47. The average molecular weight is 211 g/mol. The van der Waals surface area contributed by atoms with Crippen LogP contribution in [-0.4, -0.2) is 29.8 Å². The molecule has 2 nitrogen and oxygen atoms in total. The zero-order chi connectivity index (χ0) is 11.5. The molecular formula is C13H25NO. The maximum absolute atomic E-state index is 12.0. The van der Waals surface area contributed by atoms with E-state index < -0.39 is 0 Å². The minimum Gasteiger partial charge on any atom is -0.298 e. The van der Waals surface area contributed by atoms with Gasteiger partial charge in [0.1, 0.15) is 5.78 Å². The van der Waals surface area contributed by atoms with Crippen LogP contribution in [0.25, 0.3) is 0 Å². The summed E-state index contributed by atoms with van der Waals surface area (Å²) in [5.41, 5.74) is 0.147. The molecular weight excluding hydrogens is 186 g/mol. The van der Waals surface area contributed by atoms with Gasteiger partial charge in [-0.1, -0.05) is 19.8 Å². The van der Waals surface area contributed by atoms with Gasteiger partial charge in [0.05, 0.1) is 6.54 Å². The predicted octanol–water partition coefficient (Wildman–Crippen LogP) is 2.87. The first kappa shape index (κ1) is 12.7. The highest BCUT2D eigenvalue weighted by atomic mass is 16.1. The summed E-state index contributed by atoms with van der Waals surface area (Å²) in [5.74, 6) is 0.816. The van der Waals surface area contributed by atoms with Gasteiger partial charge < -0.3 is 0 Å². The van der Waals surface area contributed by atoms with Crippen LogP contribution in [0.1, 0.15) is 52.9 Å². The van der Waals surface area contributed by atoms with Crippen molar-refractivity contribution in [1.29, 1.82) is 0 Å². The van der Waals surface area contributed by atoms with Crippen LogP contribution in [0.2, 0.25) is 0 Å². The fourth-order valence-electron chi connectivity index (χ4n) is 2.09. The third-order valence-electron chi connectivity index (χ3n) is 4.10. The molecule has 0 unspecified atom stereocenters. The Hall–Kier alpha value is -0.370. The minimum atomic E-state index is 0.147. The molecule has 1 fully saturated rings. The number of carbonyl (C=O) groups excluding carboxylic acids is 1. The van der Waals surface area contributed by atoms with Crippen molar-refractivity contribution in [3.05, 3.63) is 0 Å². The van der Waals surface area contributed by atoms with Crippen LogP contribution >= 0.6 is 0 Å². The molecule has 0 amide bonds. The van der Waals surface area contributed by atoms with Crippen LogP contribution in [0.3, 0.4) is 0 Å². The molecule has 0 atom stereocenters. The van der Waals surface area contributed by atoms with Crippen molar-refractivity contribution >= 4 is 5.78 Å². The van der Waals surface area contributed by atoms with Gasteiger partial charge in [0.25, 0.3) is 0 Å². The van der Waals surface area contributed by atoms with Gasteiger partial charge in [-0.25, -0.2) is 0 Å². The molecule has 1 rings (SSSR count). The van der Waals surface area contributed by atoms with Gasteiger partial charge in [-0.2, -0.15) is 0 Å². The number of likely N-dealkylation sites (N-methyl/N-ethyl adjacent to an activating group) is 1.